The van der Waals surface area contributed by atoms with Gasteiger partial charge in [0.15, 0.2) is 0 Å². The quantitative estimate of drug-likeness (QED) is 0.887. The molecule has 0 bridgehead atoms. The van der Waals surface area contributed by atoms with Gasteiger partial charge in [-0.1, -0.05) is 23.7 Å². The number of sulfonamides is 1. The molecule has 1 heterocycles. The number of nitrogens with one attached hydrogen (secondary N) is 1. The number of hydrogen-bond donors (Lipinski definition) is 1. The fraction of sp³-hybridized carbons (Fsp3) is 0.0833. The lowest BCUT2D eigenvalue weighted by Crippen LogP contribution is -2.15. The maximum absolute atomic E-state index is 12.9. The van der Waals surface area contributed by atoms with Crippen molar-refractivity contribution in [2.24, 2.45) is 0 Å². The van der Waals surface area contributed by atoms with Crippen LogP contribution in [0.2, 0.25) is 5.02 Å². The van der Waals surface area contributed by atoms with Gasteiger partial charge in [-0.3, -0.25) is 4.72 Å². The minimum atomic E-state index is -3.85. The summed E-state index contributed by atoms with van der Waals surface area (Å²) in [5, 5.41) is 0.343. The molecule has 0 saturated heterocycles. The van der Waals surface area contributed by atoms with Gasteiger partial charge in [0.2, 0.25) is 5.95 Å². The number of pyridine rings is 1. The minimum Gasteiger partial charge on any atom is -0.263 e. The number of rotatable bonds is 3. The first-order valence-electron chi connectivity index (χ1n) is 5.30. The third kappa shape index (κ3) is 3.02. The van der Waals surface area contributed by atoms with Gasteiger partial charge in [0.25, 0.3) is 10.0 Å². The topological polar surface area (TPSA) is 59.1 Å². The van der Waals surface area contributed by atoms with E-state index in [1.807, 2.05) is 0 Å². The Kier molecular flexibility index (Phi) is 3.73. The number of anilines is 1. The van der Waals surface area contributed by atoms with Crippen molar-refractivity contribution in [3.63, 3.8) is 0 Å². The highest BCUT2D eigenvalue weighted by atomic mass is 35.5. The number of halogens is 2. The van der Waals surface area contributed by atoms with Crippen molar-refractivity contribution >= 4 is 27.4 Å². The second kappa shape index (κ2) is 5.14. The molecule has 100 valence electrons. The molecule has 2 rings (SSSR count). The average molecular weight is 301 g/mol. The minimum absolute atomic E-state index is 0.0334. The zero-order valence-corrected chi connectivity index (χ0v) is 11.5. The van der Waals surface area contributed by atoms with Gasteiger partial charge in [-0.15, -0.1) is 0 Å². The molecule has 4 nitrogen and oxygen atoms in total. The second-order valence-corrected chi connectivity index (χ2v) is 5.87. The summed E-state index contributed by atoms with van der Waals surface area (Å²) in [5.74, 6) is -0.845. The molecule has 0 spiro atoms. The summed E-state index contributed by atoms with van der Waals surface area (Å²) in [7, 11) is -3.85. The Morgan fingerprint density at radius 2 is 1.89 bits per heavy atom. The molecule has 0 aliphatic carbocycles. The van der Waals surface area contributed by atoms with E-state index in [0.717, 1.165) is 6.07 Å². The highest BCUT2D eigenvalue weighted by Crippen LogP contribution is 2.24. The van der Waals surface area contributed by atoms with E-state index in [1.165, 1.54) is 24.3 Å². The Balaban J connectivity index is 2.41. The lowest BCUT2D eigenvalue weighted by atomic mass is 10.2. The van der Waals surface area contributed by atoms with Crippen molar-refractivity contribution in [3.8, 4) is 0 Å². The van der Waals surface area contributed by atoms with E-state index in [9.17, 15) is 12.8 Å². The molecule has 1 aromatic heterocycles. The summed E-state index contributed by atoms with van der Waals surface area (Å²) >= 11 is 5.88. The van der Waals surface area contributed by atoms with Gasteiger partial charge in [-0.2, -0.15) is 4.39 Å². The summed E-state index contributed by atoms with van der Waals surface area (Å²) in [6.07, 6.45) is 0. The lowest BCUT2D eigenvalue weighted by Gasteiger charge is -2.10. The van der Waals surface area contributed by atoms with Gasteiger partial charge < -0.3 is 0 Å². The van der Waals surface area contributed by atoms with Crippen LogP contribution in [-0.4, -0.2) is 13.4 Å². The lowest BCUT2D eigenvalue weighted by molar-refractivity contribution is 0.584. The molecule has 19 heavy (non-hydrogen) atoms. The molecule has 0 saturated carbocycles. The maximum atomic E-state index is 12.9. The van der Waals surface area contributed by atoms with Crippen LogP contribution in [0.25, 0.3) is 0 Å². The van der Waals surface area contributed by atoms with E-state index >= 15 is 0 Å². The molecule has 0 unspecified atom stereocenters. The highest BCUT2D eigenvalue weighted by Gasteiger charge is 2.18. The number of nitrogens with zero attached hydrogens (tertiary/aromatic N) is 1. The molecule has 0 fully saturated rings. The number of hydrogen-bond acceptors (Lipinski definition) is 3. The Bertz CT molecular complexity index is 719. The first-order chi connectivity index (χ1) is 8.90. The largest absolute Gasteiger partial charge is 0.263 e. The molecular formula is C12H10ClFN2O2S. The summed E-state index contributed by atoms with van der Waals surface area (Å²) in [6.45, 7) is 1.59. The zero-order chi connectivity index (χ0) is 14.0. The van der Waals surface area contributed by atoms with Crippen molar-refractivity contribution in [2.45, 2.75) is 11.8 Å². The smallest absolute Gasteiger partial charge is 0.263 e. The van der Waals surface area contributed by atoms with Crippen LogP contribution in [0.15, 0.2) is 41.3 Å². The normalized spacial score (nSPS) is 11.3. The first-order valence-corrected chi connectivity index (χ1v) is 7.17. The number of benzene rings is 1. The Hall–Kier alpha value is -1.66. The van der Waals surface area contributed by atoms with Crippen LogP contribution in [0, 0.1) is 12.9 Å². The Labute approximate surface area is 115 Å². The molecular weight excluding hydrogens is 291 g/mol. The van der Waals surface area contributed by atoms with Crippen LogP contribution >= 0.6 is 11.6 Å². The van der Waals surface area contributed by atoms with Crippen molar-refractivity contribution in [1.82, 2.24) is 4.98 Å². The SMILES string of the molecule is Cc1c(Cl)cccc1S(=O)(=O)Nc1cccc(F)n1. The summed E-state index contributed by atoms with van der Waals surface area (Å²) < 4.78 is 39.4. The van der Waals surface area contributed by atoms with E-state index in [0.29, 0.717) is 10.6 Å². The van der Waals surface area contributed by atoms with Crippen LogP contribution < -0.4 is 4.72 Å². The van der Waals surface area contributed by atoms with Crippen molar-refractivity contribution in [2.75, 3.05) is 4.72 Å². The molecule has 0 amide bonds. The van der Waals surface area contributed by atoms with Gasteiger partial charge in [0.1, 0.15) is 5.82 Å². The van der Waals surface area contributed by atoms with Crippen LogP contribution in [0.3, 0.4) is 0 Å². The van der Waals surface area contributed by atoms with E-state index in [2.05, 4.69) is 9.71 Å². The maximum Gasteiger partial charge on any atom is 0.263 e. The molecule has 1 aromatic carbocycles. The van der Waals surface area contributed by atoms with Gasteiger partial charge in [-0.25, -0.2) is 13.4 Å². The van der Waals surface area contributed by atoms with E-state index in [-0.39, 0.29) is 10.7 Å². The molecule has 1 N–H and O–H groups in total. The summed E-state index contributed by atoms with van der Waals surface area (Å²) in [4.78, 5) is 3.48. The van der Waals surface area contributed by atoms with Gasteiger partial charge in [0.05, 0.1) is 4.90 Å². The summed E-state index contributed by atoms with van der Waals surface area (Å²) in [5.41, 5.74) is 0.424. The monoisotopic (exact) mass is 300 g/mol. The second-order valence-electron chi connectivity index (χ2n) is 3.81. The average Bonchev–Trinajstić information content (AvgIpc) is 2.32. The molecule has 0 aliphatic heterocycles. The zero-order valence-electron chi connectivity index (χ0n) is 9.89. The van der Waals surface area contributed by atoms with Crippen molar-refractivity contribution < 1.29 is 12.8 Å². The molecule has 0 radical (unpaired) electrons. The third-order valence-corrected chi connectivity index (χ3v) is 4.37. The standard InChI is InChI=1S/C12H10ClFN2O2S/c1-8-9(13)4-2-5-10(8)19(17,18)16-12-7-3-6-11(14)15-12/h2-7H,1H3,(H,15,16). The third-order valence-electron chi connectivity index (χ3n) is 2.46. The predicted octanol–water partition coefficient (Wildman–Crippen LogP) is 2.98. The van der Waals surface area contributed by atoms with Gasteiger partial charge in [0, 0.05) is 5.02 Å². The Morgan fingerprint density at radius 3 is 2.58 bits per heavy atom. The van der Waals surface area contributed by atoms with Crippen LogP contribution in [0.1, 0.15) is 5.56 Å². The van der Waals surface area contributed by atoms with E-state index in [1.54, 1.807) is 13.0 Å². The molecule has 7 heteroatoms. The van der Waals surface area contributed by atoms with Crippen LogP contribution in [-0.2, 0) is 10.0 Å². The highest BCUT2D eigenvalue weighted by molar-refractivity contribution is 7.92. The fourth-order valence-electron chi connectivity index (χ4n) is 1.54. The van der Waals surface area contributed by atoms with Gasteiger partial charge >= 0.3 is 0 Å². The van der Waals surface area contributed by atoms with Gasteiger partial charge in [-0.05, 0) is 36.8 Å². The van der Waals surface area contributed by atoms with Crippen LogP contribution in [0.4, 0.5) is 10.2 Å². The number of aromatic nitrogens is 1. The van der Waals surface area contributed by atoms with Crippen molar-refractivity contribution in [1.29, 1.82) is 0 Å². The van der Waals surface area contributed by atoms with E-state index in [4.69, 9.17) is 11.6 Å². The molecule has 2 aromatic rings. The molecule has 0 atom stereocenters. The predicted molar refractivity (Wildman–Crippen MR) is 71.2 cm³/mol. The summed E-state index contributed by atoms with van der Waals surface area (Å²) in [6, 6.07) is 8.40. The fourth-order valence-corrected chi connectivity index (χ4v) is 3.04. The first kappa shape index (κ1) is 13.8. The molecule has 0 aliphatic rings. The Morgan fingerprint density at radius 1 is 1.21 bits per heavy atom. The van der Waals surface area contributed by atoms with Crippen molar-refractivity contribution in [3.05, 3.63) is 52.9 Å². The van der Waals surface area contributed by atoms with Crippen LogP contribution in [0.5, 0.6) is 0 Å². The van der Waals surface area contributed by atoms with E-state index < -0.39 is 16.0 Å².